The predicted molar refractivity (Wildman–Crippen MR) is 94.0 cm³/mol. The van der Waals surface area contributed by atoms with Crippen molar-refractivity contribution in [2.75, 3.05) is 5.43 Å². The van der Waals surface area contributed by atoms with Crippen molar-refractivity contribution in [1.82, 2.24) is 5.43 Å². The van der Waals surface area contributed by atoms with E-state index in [2.05, 4.69) is 10.9 Å². The van der Waals surface area contributed by atoms with E-state index in [1.807, 2.05) is 30.3 Å². The average Bonchev–Trinajstić information content (AvgIpc) is 2.62. The van der Waals surface area contributed by atoms with Gasteiger partial charge < -0.3 is 10.2 Å². The third kappa shape index (κ3) is 5.02. The van der Waals surface area contributed by atoms with Crippen molar-refractivity contribution in [3.8, 4) is 5.75 Å². The first-order valence-electron chi connectivity index (χ1n) is 7.90. The molecular formula is C20H18F2N2O. The first kappa shape index (κ1) is 16.9. The second kappa shape index (κ2) is 8.26. The Bertz CT molecular complexity index is 825. The number of halogens is 2. The molecule has 0 spiro atoms. The summed E-state index contributed by atoms with van der Waals surface area (Å²) in [6.07, 6.45) is 0. The number of anilines is 1. The molecule has 0 amide bonds. The lowest BCUT2D eigenvalue weighted by Gasteiger charge is -2.14. The number of nitrogens with one attached hydrogen (secondary N) is 2. The molecule has 0 aliphatic rings. The maximum absolute atomic E-state index is 13.5. The topological polar surface area (TPSA) is 33.3 Å². The lowest BCUT2D eigenvalue weighted by molar-refractivity contribution is 0.300. The van der Waals surface area contributed by atoms with Crippen LogP contribution in [-0.4, -0.2) is 0 Å². The minimum atomic E-state index is -0.381. The Hall–Kier alpha value is -2.92. The van der Waals surface area contributed by atoms with Crippen LogP contribution in [0.1, 0.15) is 11.1 Å². The van der Waals surface area contributed by atoms with Crippen molar-refractivity contribution in [2.45, 2.75) is 13.2 Å². The largest absolute Gasteiger partial charge is 0.488 e. The second-order valence-electron chi connectivity index (χ2n) is 5.52. The first-order valence-corrected chi connectivity index (χ1v) is 7.90. The van der Waals surface area contributed by atoms with Crippen molar-refractivity contribution >= 4 is 5.69 Å². The van der Waals surface area contributed by atoms with Crippen LogP contribution in [0, 0.1) is 11.6 Å². The van der Waals surface area contributed by atoms with Crippen LogP contribution in [0.25, 0.3) is 0 Å². The quantitative estimate of drug-likeness (QED) is 0.614. The Balaban J connectivity index is 1.63. The average molecular weight is 340 g/mol. The van der Waals surface area contributed by atoms with E-state index >= 15 is 0 Å². The number of benzene rings is 3. The highest BCUT2D eigenvalue weighted by molar-refractivity contribution is 5.41. The molecule has 3 aromatic carbocycles. The molecule has 0 aliphatic heterocycles. The highest BCUT2D eigenvalue weighted by Crippen LogP contribution is 2.21. The second-order valence-corrected chi connectivity index (χ2v) is 5.52. The SMILES string of the molecule is Fc1cccc(COc2cc(F)ccc2CNNc2ccccc2)c1. The molecule has 0 radical (unpaired) electrons. The molecule has 5 heteroatoms. The van der Waals surface area contributed by atoms with E-state index in [9.17, 15) is 8.78 Å². The number of para-hydroxylation sites is 1. The Morgan fingerprint density at radius 2 is 1.60 bits per heavy atom. The third-order valence-electron chi connectivity index (χ3n) is 3.60. The van der Waals surface area contributed by atoms with Crippen LogP contribution in [-0.2, 0) is 13.2 Å². The summed E-state index contributed by atoms with van der Waals surface area (Å²) in [6.45, 7) is 0.605. The molecule has 3 nitrogen and oxygen atoms in total. The molecule has 0 aliphatic carbocycles. The van der Waals surface area contributed by atoms with E-state index in [1.54, 1.807) is 18.2 Å². The minimum Gasteiger partial charge on any atom is -0.488 e. The van der Waals surface area contributed by atoms with Gasteiger partial charge in [0, 0.05) is 23.9 Å². The molecule has 0 saturated heterocycles. The van der Waals surface area contributed by atoms with E-state index in [4.69, 9.17) is 4.74 Å². The summed E-state index contributed by atoms with van der Waals surface area (Å²) >= 11 is 0. The molecule has 0 unspecified atom stereocenters. The fourth-order valence-corrected chi connectivity index (χ4v) is 2.36. The zero-order valence-electron chi connectivity index (χ0n) is 13.5. The summed E-state index contributed by atoms with van der Waals surface area (Å²) in [4.78, 5) is 0. The molecule has 0 saturated carbocycles. The summed E-state index contributed by atoms with van der Waals surface area (Å²) in [5.74, 6) is -0.282. The van der Waals surface area contributed by atoms with Gasteiger partial charge in [0.05, 0.1) is 0 Å². The van der Waals surface area contributed by atoms with E-state index in [0.717, 1.165) is 11.3 Å². The number of rotatable bonds is 7. The van der Waals surface area contributed by atoms with Gasteiger partial charge in [-0.15, -0.1) is 0 Å². The fourth-order valence-electron chi connectivity index (χ4n) is 2.36. The molecule has 0 heterocycles. The molecule has 3 rings (SSSR count). The summed E-state index contributed by atoms with van der Waals surface area (Å²) in [5.41, 5.74) is 8.54. The monoisotopic (exact) mass is 340 g/mol. The zero-order chi connectivity index (χ0) is 17.5. The van der Waals surface area contributed by atoms with Crippen LogP contribution in [0.3, 0.4) is 0 Å². The van der Waals surface area contributed by atoms with Crippen LogP contribution in [0.2, 0.25) is 0 Å². The first-order chi connectivity index (χ1) is 12.2. The Morgan fingerprint density at radius 1 is 0.800 bits per heavy atom. The maximum Gasteiger partial charge on any atom is 0.127 e. The normalized spacial score (nSPS) is 10.5. The van der Waals surface area contributed by atoms with Crippen molar-refractivity contribution in [3.63, 3.8) is 0 Å². The molecule has 128 valence electrons. The van der Waals surface area contributed by atoms with E-state index in [1.165, 1.54) is 24.3 Å². The lowest BCUT2D eigenvalue weighted by Crippen LogP contribution is -2.21. The number of hydrogen-bond acceptors (Lipinski definition) is 3. The van der Waals surface area contributed by atoms with Crippen LogP contribution < -0.4 is 15.6 Å². The van der Waals surface area contributed by atoms with Gasteiger partial charge in [0.25, 0.3) is 0 Å². The Morgan fingerprint density at radius 3 is 2.40 bits per heavy atom. The van der Waals surface area contributed by atoms with Crippen LogP contribution in [0.5, 0.6) is 5.75 Å². The van der Waals surface area contributed by atoms with Gasteiger partial charge in [-0.05, 0) is 35.9 Å². The summed E-state index contributed by atoms with van der Waals surface area (Å²) in [5, 5.41) is 0. The maximum atomic E-state index is 13.5. The summed E-state index contributed by atoms with van der Waals surface area (Å²) < 4.78 is 32.5. The molecule has 25 heavy (non-hydrogen) atoms. The summed E-state index contributed by atoms with van der Waals surface area (Å²) in [6, 6.07) is 20.2. The zero-order valence-corrected chi connectivity index (χ0v) is 13.5. The van der Waals surface area contributed by atoms with Gasteiger partial charge >= 0.3 is 0 Å². The third-order valence-corrected chi connectivity index (χ3v) is 3.60. The Labute approximate surface area is 145 Å². The van der Waals surface area contributed by atoms with Crippen LogP contribution in [0.15, 0.2) is 72.8 Å². The number of hydrogen-bond donors (Lipinski definition) is 2. The van der Waals surface area contributed by atoms with Crippen LogP contribution in [0.4, 0.5) is 14.5 Å². The fraction of sp³-hybridized carbons (Fsp3) is 0.100. The molecule has 0 fully saturated rings. The Kier molecular flexibility index (Phi) is 5.59. The predicted octanol–water partition coefficient (Wildman–Crippen LogP) is 4.66. The number of hydrazine groups is 1. The van der Waals surface area contributed by atoms with Crippen molar-refractivity contribution in [3.05, 3.63) is 95.6 Å². The van der Waals surface area contributed by atoms with E-state index in [0.29, 0.717) is 17.9 Å². The van der Waals surface area contributed by atoms with Gasteiger partial charge in [-0.2, -0.15) is 0 Å². The molecule has 0 atom stereocenters. The molecule has 2 N–H and O–H groups in total. The highest BCUT2D eigenvalue weighted by Gasteiger charge is 2.07. The van der Waals surface area contributed by atoms with Crippen LogP contribution >= 0.6 is 0 Å². The minimum absolute atomic E-state index is 0.167. The molecule has 0 bridgehead atoms. The van der Waals surface area contributed by atoms with Gasteiger partial charge in [0.2, 0.25) is 0 Å². The van der Waals surface area contributed by atoms with Gasteiger partial charge in [0.15, 0.2) is 0 Å². The van der Waals surface area contributed by atoms with E-state index < -0.39 is 0 Å². The molecule has 3 aromatic rings. The van der Waals surface area contributed by atoms with Gasteiger partial charge in [-0.25, -0.2) is 14.2 Å². The van der Waals surface area contributed by atoms with Gasteiger partial charge in [0.1, 0.15) is 24.0 Å². The lowest BCUT2D eigenvalue weighted by atomic mass is 10.2. The van der Waals surface area contributed by atoms with Gasteiger partial charge in [-0.1, -0.05) is 36.4 Å². The van der Waals surface area contributed by atoms with E-state index in [-0.39, 0.29) is 18.2 Å². The smallest absolute Gasteiger partial charge is 0.127 e. The van der Waals surface area contributed by atoms with Crippen molar-refractivity contribution in [1.29, 1.82) is 0 Å². The van der Waals surface area contributed by atoms with Crippen molar-refractivity contribution < 1.29 is 13.5 Å². The van der Waals surface area contributed by atoms with Crippen molar-refractivity contribution in [2.24, 2.45) is 0 Å². The van der Waals surface area contributed by atoms with Gasteiger partial charge in [-0.3, -0.25) is 0 Å². The number of ether oxygens (including phenoxy) is 1. The summed E-state index contributed by atoms with van der Waals surface area (Å²) in [7, 11) is 0. The highest BCUT2D eigenvalue weighted by atomic mass is 19.1. The molecular weight excluding hydrogens is 322 g/mol. The standard InChI is InChI=1S/C20H18F2N2O/c21-17-6-4-5-15(11-17)14-25-20-12-18(22)10-9-16(20)13-23-24-19-7-2-1-3-8-19/h1-12,23-24H,13-14H2. The molecule has 0 aromatic heterocycles.